The first-order valence-electron chi connectivity index (χ1n) is 3.73. The lowest BCUT2D eigenvalue weighted by atomic mass is 10.0. The van der Waals surface area contributed by atoms with Crippen molar-refractivity contribution in [1.82, 2.24) is 0 Å². The summed E-state index contributed by atoms with van der Waals surface area (Å²) in [6, 6.07) is 0. The van der Waals surface area contributed by atoms with Crippen LogP contribution in [0, 0.1) is 17.3 Å². The zero-order chi connectivity index (χ0) is 5.78. The lowest BCUT2D eigenvalue weighted by Crippen LogP contribution is -1.94. The molecule has 3 atom stereocenters. The number of fused-ring (bicyclic) bond motifs is 1. The van der Waals surface area contributed by atoms with Crippen molar-refractivity contribution in [2.24, 2.45) is 17.3 Å². The van der Waals surface area contributed by atoms with E-state index in [1.165, 1.54) is 19.3 Å². The maximum Gasteiger partial charge on any atom is 0 e. The highest BCUT2D eigenvalue weighted by Crippen LogP contribution is 2.66. The third-order valence-corrected chi connectivity index (χ3v) is 3.32. The molecular weight excluding hydrogens is 127 g/mol. The Bertz CT molecular complexity index is 110. The van der Waals surface area contributed by atoms with Gasteiger partial charge in [0.15, 0.2) is 0 Å². The summed E-state index contributed by atoms with van der Waals surface area (Å²) in [6.45, 7) is 4.84. The molecule has 0 aromatic heterocycles. The SMILES string of the molecule is CC1(C)C2CCC[C@H]21.P.[HH]. The molecule has 2 saturated carbocycles. The molecule has 0 aliphatic heterocycles. The second-order valence-electron chi connectivity index (χ2n) is 3.97. The van der Waals surface area contributed by atoms with Crippen LogP contribution in [0.15, 0.2) is 0 Å². The van der Waals surface area contributed by atoms with Crippen molar-refractivity contribution in [3.8, 4) is 0 Å². The molecule has 0 spiro atoms. The minimum Gasteiger partial charge on any atom is -0.153 e. The molecule has 2 rings (SSSR count). The zero-order valence-corrected chi connectivity index (χ0v) is 7.90. The van der Waals surface area contributed by atoms with E-state index in [4.69, 9.17) is 0 Å². The second kappa shape index (κ2) is 1.95. The molecule has 9 heavy (non-hydrogen) atoms. The lowest BCUT2D eigenvalue weighted by Gasteiger charge is -2.04. The molecule has 0 aromatic carbocycles. The normalized spacial score (nSPS) is 43.3. The van der Waals surface area contributed by atoms with E-state index in [1.54, 1.807) is 0 Å². The molecule has 2 unspecified atom stereocenters. The van der Waals surface area contributed by atoms with Gasteiger partial charge < -0.3 is 0 Å². The van der Waals surface area contributed by atoms with Crippen molar-refractivity contribution in [3.05, 3.63) is 0 Å². The second-order valence-corrected chi connectivity index (χ2v) is 3.97. The molecule has 0 saturated heterocycles. The van der Waals surface area contributed by atoms with Crippen LogP contribution < -0.4 is 0 Å². The molecule has 0 radical (unpaired) electrons. The van der Waals surface area contributed by atoms with Gasteiger partial charge >= 0.3 is 0 Å². The van der Waals surface area contributed by atoms with E-state index in [9.17, 15) is 0 Å². The Balaban J connectivity index is 0.000000405. The predicted octanol–water partition coefficient (Wildman–Crippen LogP) is 2.75. The van der Waals surface area contributed by atoms with Gasteiger partial charge in [-0.15, -0.1) is 0 Å². The Morgan fingerprint density at radius 1 is 1.22 bits per heavy atom. The highest BCUT2D eigenvalue weighted by Gasteiger charge is 2.58. The van der Waals surface area contributed by atoms with E-state index in [2.05, 4.69) is 13.8 Å². The summed E-state index contributed by atoms with van der Waals surface area (Å²) in [7, 11) is 0. The first-order valence-corrected chi connectivity index (χ1v) is 3.73. The van der Waals surface area contributed by atoms with Gasteiger partial charge in [-0.25, -0.2) is 0 Å². The van der Waals surface area contributed by atoms with Gasteiger partial charge in [-0.3, -0.25) is 0 Å². The summed E-state index contributed by atoms with van der Waals surface area (Å²) in [5, 5.41) is 0. The summed E-state index contributed by atoms with van der Waals surface area (Å²) in [5.74, 6) is 2.25. The van der Waals surface area contributed by atoms with Crippen LogP contribution in [0.2, 0.25) is 0 Å². The summed E-state index contributed by atoms with van der Waals surface area (Å²) >= 11 is 0. The van der Waals surface area contributed by atoms with Crippen LogP contribution >= 0.6 is 9.90 Å². The first-order chi connectivity index (χ1) is 3.73. The highest BCUT2D eigenvalue weighted by molar-refractivity contribution is 6.92. The van der Waals surface area contributed by atoms with Crippen molar-refractivity contribution in [1.29, 1.82) is 0 Å². The monoisotopic (exact) mass is 146 g/mol. The van der Waals surface area contributed by atoms with Gasteiger partial charge in [0.1, 0.15) is 0 Å². The standard InChI is InChI=1S/C8H14.H3P.H2/c1-8(2)6-4-3-5-7(6)8;;/h6-7H,3-5H2,1-2H3;1H3;1H/t6-,7?;;/m1../s1. The van der Waals surface area contributed by atoms with Crippen LogP contribution in [0.1, 0.15) is 34.5 Å². The fourth-order valence-corrected chi connectivity index (χ4v) is 2.56. The van der Waals surface area contributed by atoms with Gasteiger partial charge in [0.05, 0.1) is 0 Å². The van der Waals surface area contributed by atoms with Crippen molar-refractivity contribution in [2.75, 3.05) is 0 Å². The predicted molar refractivity (Wildman–Crippen MR) is 47.8 cm³/mol. The van der Waals surface area contributed by atoms with E-state index in [1.807, 2.05) is 0 Å². The molecule has 0 bridgehead atoms. The molecule has 0 N–H and O–H groups in total. The van der Waals surface area contributed by atoms with Crippen molar-refractivity contribution >= 4 is 9.90 Å². The molecule has 0 heterocycles. The molecule has 0 amide bonds. The van der Waals surface area contributed by atoms with E-state index in [0.29, 0.717) is 0 Å². The van der Waals surface area contributed by atoms with Gasteiger partial charge in [-0.1, -0.05) is 20.3 Å². The van der Waals surface area contributed by atoms with Gasteiger partial charge in [0.25, 0.3) is 0 Å². The number of rotatable bonds is 0. The topological polar surface area (TPSA) is 0 Å². The van der Waals surface area contributed by atoms with Crippen molar-refractivity contribution in [3.63, 3.8) is 0 Å². The largest absolute Gasteiger partial charge is 0.153 e. The van der Waals surface area contributed by atoms with Crippen LogP contribution in [0.3, 0.4) is 0 Å². The average molecular weight is 146 g/mol. The quantitative estimate of drug-likeness (QED) is 0.461. The summed E-state index contributed by atoms with van der Waals surface area (Å²) in [5.41, 5.74) is 0.762. The van der Waals surface area contributed by atoms with E-state index >= 15 is 0 Å². The van der Waals surface area contributed by atoms with E-state index in [0.717, 1.165) is 17.3 Å². The van der Waals surface area contributed by atoms with Gasteiger partial charge in [-0.2, -0.15) is 9.90 Å². The number of hydrogen-bond acceptors (Lipinski definition) is 0. The number of hydrogen-bond donors (Lipinski definition) is 0. The lowest BCUT2D eigenvalue weighted by molar-refractivity contribution is 0.465. The minimum atomic E-state index is 0. The van der Waals surface area contributed by atoms with Crippen LogP contribution in [0.25, 0.3) is 0 Å². The molecule has 2 aliphatic carbocycles. The maximum atomic E-state index is 2.42. The fraction of sp³-hybridized carbons (Fsp3) is 1.00. The average Bonchev–Trinajstić information content (AvgIpc) is 2.22. The Morgan fingerprint density at radius 3 is 1.89 bits per heavy atom. The van der Waals surface area contributed by atoms with Crippen LogP contribution in [-0.4, -0.2) is 0 Å². The third kappa shape index (κ3) is 0.835. The first kappa shape index (κ1) is 7.54. The molecule has 0 aromatic rings. The van der Waals surface area contributed by atoms with E-state index in [-0.39, 0.29) is 11.3 Å². The molecule has 56 valence electrons. The Morgan fingerprint density at radius 2 is 1.67 bits per heavy atom. The van der Waals surface area contributed by atoms with E-state index < -0.39 is 0 Å². The summed E-state index contributed by atoms with van der Waals surface area (Å²) in [6.07, 6.45) is 4.56. The smallest absolute Gasteiger partial charge is 0 e. The van der Waals surface area contributed by atoms with Gasteiger partial charge in [-0.05, 0) is 30.1 Å². The third-order valence-electron chi connectivity index (χ3n) is 3.32. The molecule has 0 nitrogen and oxygen atoms in total. The summed E-state index contributed by atoms with van der Waals surface area (Å²) < 4.78 is 0. The zero-order valence-electron chi connectivity index (χ0n) is 6.48. The molecule has 2 aliphatic rings. The van der Waals surface area contributed by atoms with Gasteiger partial charge in [0, 0.05) is 1.43 Å². The Hall–Kier alpha value is 0.430. The van der Waals surface area contributed by atoms with Gasteiger partial charge in [0.2, 0.25) is 0 Å². The van der Waals surface area contributed by atoms with Crippen LogP contribution in [-0.2, 0) is 0 Å². The van der Waals surface area contributed by atoms with Crippen LogP contribution in [0.5, 0.6) is 0 Å². The van der Waals surface area contributed by atoms with Crippen molar-refractivity contribution < 1.29 is 1.43 Å². The molecular formula is C8H19P. The van der Waals surface area contributed by atoms with Crippen molar-refractivity contribution in [2.45, 2.75) is 33.1 Å². The summed E-state index contributed by atoms with van der Waals surface area (Å²) in [4.78, 5) is 0. The van der Waals surface area contributed by atoms with Crippen LogP contribution in [0.4, 0.5) is 0 Å². The Kier molecular flexibility index (Phi) is 1.64. The maximum absolute atomic E-state index is 2.42. The Labute approximate surface area is 62.5 Å². The molecule has 2 fully saturated rings. The highest BCUT2D eigenvalue weighted by atomic mass is 31.0. The fourth-order valence-electron chi connectivity index (χ4n) is 2.56. The minimum absolute atomic E-state index is 0. The molecule has 1 heteroatoms.